The molecular weight excluding hydrogens is 444 g/mol. The van der Waals surface area contributed by atoms with Gasteiger partial charge in [-0.05, 0) is 87.7 Å². The molecule has 4 rings (SSSR count). The number of hydrogen-bond donors (Lipinski definition) is 1. The first kappa shape index (κ1) is 24.7. The molecule has 0 radical (unpaired) electrons. The molecule has 1 aliphatic heterocycles. The Labute approximate surface area is 206 Å². The van der Waals surface area contributed by atoms with Gasteiger partial charge in [-0.3, -0.25) is 9.69 Å². The van der Waals surface area contributed by atoms with Crippen LogP contribution in [0.1, 0.15) is 36.8 Å². The van der Waals surface area contributed by atoms with E-state index in [1.54, 1.807) is 7.11 Å². The molecule has 0 bridgehead atoms. The Balaban J connectivity index is 1.26. The van der Waals surface area contributed by atoms with Crippen molar-refractivity contribution in [1.82, 2.24) is 20.4 Å². The first-order valence-electron chi connectivity index (χ1n) is 12.1. The normalized spacial score (nSPS) is 17.1. The summed E-state index contributed by atoms with van der Waals surface area (Å²) in [4.78, 5) is 19.6. The van der Waals surface area contributed by atoms with Crippen molar-refractivity contribution in [1.29, 1.82) is 0 Å². The third-order valence-corrected chi connectivity index (χ3v) is 6.42. The second kappa shape index (κ2) is 11.4. The van der Waals surface area contributed by atoms with Crippen LogP contribution in [0.4, 0.5) is 0 Å². The van der Waals surface area contributed by atoms with Crippen LogP contribution in [0, 0.1) is 19.8 Å². The minimum Gasteiger partial charge on any atom is -0.497 e. The number of carbonyl (C=O) groups excluding carboxylic acids is 1. The summed E-state index contributed by atoms with van der Waals surface area (Å²) < 4.78 is 16.6. The van der Waals surface area contributed by atoms with Crippen LogP contribution >= 0.6 is 0 Å². The van der Waals surface area contributed by atoms with Gasteiger partial charge in [0.05, 0.1) is 25.6 Å². The number of nitrogens with zero attached hydrogens (tertiary/aromatic N) is 3. The number of methoxy groups -OCH3 is 1. The number of aryl methyl sites for hydroxylation is 2. The van der Waals surface area contributed by atoms with Crippen LogP contribution < -0.4 is 14.8 Å². The first-order valence-corrected chi connectivity index (χ1v) is 12.1. The van der Waals surface area contributed by atoms with Crippen molar-refractivity contribution < 1.29 is 18.8 Å². The van der Waals surface area contributed by atoms with Crippen molar-refractivity contribution in [3.63, 3.8) is 0 Å². The zero-order chi connectivity index (χ0) is 24.8. The van der Waals surface area contributed by atoms with E-state index >= 15 is 0 Å². The van der Waals surface area contributed by atoms with Gasteiger partial charge in [0.2, 0.25) is 17.6 Å². The Morgan fingerprint density at radius 1 is 1.17 bits per heavy atom. The fourth-order valence-corrected chi connectivity index (χ4v) is 4.21. The van der Waals surface area contributed by atoms with Gasteiger partial charge in [-0.1, -0.05) is 11.2 Å². The molecule has 1 fully saturated rings. The molecule has 2 heterocycles. The van der Waals surface area contributed by atoms with Crippen LogP contribution in [-0.2, 0) is 11.3 Å². The largest absolute Gasteiger partial charge is 0.497 e. The van der Waals surface area contributed by atoms with E-state index in [9.17, 15) is 4.79 Å². The molecule has 186 valence electrons. The van der Waals surface area contributed by atoms with Gasteiger partial charge in [-0.2, -0.15) is 4.98 Å². The van der Waals surface area contributed by atoms with Crippen molar-refractivity contribution in [2.24, 2.45) is 5.92 Å². The van der Waals surface area contributed by atoms with Crippen LogP contribution in [0.15, 0.2) is 47.0 Å². The van der Waals surface area contributed by atoms with E-state index in [4.69, 9.17) is 14.0 Å². The second-order valence-corrected chi connectivity index (χ2v) is 9.28. The van der Waals surface area contributed by atoms with E-state index < -0.39 is 0 Å². The Morgan fingerprint density at radius 3 is 2.69 bits per heavy atom. The predicted octanol–water partition coefficient (Wildman–Crippen LogP) is 4.16. The summed E-state index contributed by atoms with van der Waals surface area (Å²) in [5.41, 5.74) is 3.30. The van der Waals surface area contributed by atoms with Crippen molar-refractivity contribution in [3.05, 3.63) is 59.5 Å². The predicted molar refractivity (Wildman–Crippen MR) is 133 cm³/mol. The third kappa shape index (κ3) is 6.60. The van der Waals surface area contributed by atoms with Crippen molar-refractivity contribution in [2.75, 3.05) is 26.8 Å². The number of aromatic nitrogens is 2. The number of likely N-dealkylation sites (tertiary alicyclic amines) is 1. The zero-order valence-electron chi connectivity index (χ0n) is 20.9. The SMILES string of the molecule is COc1ccc(-c2noc(CN3CCCC(C(=O)NC(C)COc4ccc(C)c(C)c4)C3)n2)cc1. The van der Waals surface area contributed by atoms with Crippen molar-refractivity contribution in [2.45, 2.75) is 46.2 Å². The molecule has 8 heteroatoms. The average Bonchev–Trinajstić information content (AvgIpc) is 3.33. The standard InChI is InChI=1S/C27H34N4O4/c1-18-7-10-24(14-19(18)2)34-17-20(3)28-27(32)22-6-5-13-31(15-22)16-25-29-26(30-35-25)21-8-11-23(33-4)12-9-21/h7-12,14,20,22H,5-6,13,15-17H2,1-4H3,(H,28,32). The van der Waals surface area contributed by atoms with Crippen molar-refractivity contribution in [3.8, 4) is 22.9 Å². The molecule has 3 aromatic rings. The quantitative estimate of drug-likeness (QED) is 0.494. The Morgan fingerprint density at radius 2 is 1.94 bits per heavy atom. The minimum absolute atomic E-state index is 0.0651. The van der Waals surface area contributed by atoms with Gasteiger partial charge in [-0.25, -0.2) is 0 Å². The van der Waals surface area contributed by atoms with Crippen LogP contribution in [0.25, 0.3) is 11.4 Å². The van der Waals surface area contributed by atoms with Crippen LogP contribution in [-0.4, -0.2) is 53.8 Å². The van der Waals surface area contributed by atoms with E-state index in [1.165, 1.54) is 11.1 Å². The van der Waals surface area contributed by atoms with E-state index in [2.05, 4.69) is 34.2 Å². The van der Waals surface area contributed by atoms with E-state index in [1.807, 2.05) is 49.4 Å². The van der Waals surface area contributed by atoms with Crippen LogP contribution in [0.3, 0.4) is 0 Å². The highest BCUT2D eigenvalue weighted by Gasteiger charge is 2.27. The summed E-state index contributed by atoms with van der Waals surface area (Å²) in [6.07, 6.45) is 1.82. The molecule has 0 aliphatic carbocycles. The van der Waals surface area contributed by atoms with E-state index in [0.29, 0.717) is 31.4 Å². The maximum atomic E-state index is 12.9. The highest BCUT2D eigenvalue weighted by molar-refractivity contribution is 5.79. The molecular formula is C27H34N4O4. The topological polar surface area (TPSA) is 89.7 Å². The van der Waals surface area contributed by atoms with Crippen molar-refractivity contribution >= 4 is 5.91 Å². The molecule has 1 aliphatic rings. The fraction of sp³-hybridized carbons (Fsp3) is 0.444. The molecule has 1 amide bonds. The number of benzene rings is 2. The lowest BCUT2D eigenvalue weighted by molar-refractivity contribution is -0.127. The fourth-order valence-electron chi connectivity index (χ4n) is 4.21. The highest BCUT2D eigenvalue weighted by atomic mass is 16.5. The van der Waals surface area contributed by atoms with E-state index in [0.717, 1.165) is 36.4 Å². The Bertz CT molecular complexity index is 1130. The van der Waals surface area contributed by atoms with Gasteiger partial charge < -0.3 is 19.3 Å². The second-order valence-electron chi connectivity index (χ2n) is 9.28. The number of ether oxygens (including phenoxy) is 2. The molecule has 1 N–H and O–H groups in total. The van der Waals surface area contributed by atoms with Crippen LogP contribution in [0.2, 0.25) is 0 Å². The van der Waals surface area contributed by atoms with Gasteiger partial charge in [0, 0.05) is 12.1 Å². The summed E-state index contributed by atoms with van der Waals surface area (Å²) >= 11 is 0. The van der Waals surface area contributed by atoms with Gasteiger partial charge in [0.1, 0.15) is 18.1 Å². The molecule has 0 spiro atoms. The number of rotatable bonds is 9. The van der Waals surface area contributed by atoms with Gasteiger partial charge in [0.15, 0.2) is 0 Å². The lowest BCUT2D eigenvalue weighted by Gasteiger charge is -2.31. The number of hydrogen-bond acceptors (Lipinski definition) is 7. The maximum Gasteiger partial charge on any atom is 0.241 e. The van der Waals surface area contributed by atoms with E-state index in [-0.39, 0.29) is 17.9 Å². The maximum absolute atomic E-state index is 12.9. The smallest absolute Gasteiger partial charge is 0.241 e. The molecule has 1 aromatic heterocycles. The average molecular weight is 479 g/mol. The van der Waals surface area contributed by atoms with Gasteiger partial charge in [-0.15, -0.1) is 0 Å². The number of amides is 1. The Hall–Kier alpha value is -3.39. The molecule has 0 saturated carbocycles. The molecule has 8 nitrogen and oxygen atoms in total. The summed E-state index contributed by atoms with van der Waals surface area (Å²) in [6.45, 7) is 8.63. The highest BCUT2D eigenvalue weighted by Crippen LogP contribution is 2.22. The van der Waals surface area contributed by atoms with Crippen LogP contribution in [0.5, 0.6) is 11.5 Å². The lowest BCUT2D eigenvalue weighted by Crippen LogP contribution is -2.46. The monoisotopic (exact) mass is 478 g/mol. The van der Waals surface area contributed by atoms with Gasteiger partial charge >= 0.3 is 0 Å². The molecule has 1 saturated heterocycles. The summed E-state index contributed by atoms with van der Waals surface area (Å²) in [6, 6.07) is 13.5. The Kier molecular flexibility index (Phi) is 8.02. The molecule has 2 aromatic carbocycles. The number of piperidine rings is 1. The number of nitrogens with one attached hydrogen (secondary N) is 1. The summed E-state index contributed by atoms with van der Waals surface area (Å²) in [5.74, 6) is 2.69. The third-order valence-electron chi connectivity index (χ3n) is 6.42. The zero-order valence-corrected chi connectivity index (χ0v) is 20.9. The lowest BCUT2D eigenvalue weighted by atomic mass is 9.97. The minimum atomic E-state index is -0.0810. The molecule has 35 heavy (non-hydrogen) atoms. The number of carbonyl (C=O) groups is 1. The summed E-state index contributed by atoms with van der Waals surface area (Å²) in [7, 11) is 1.63. The first-order chi connectivity index (χ1) is 16.9. The van der Waals surface area contributed by atoms with Gasteiger partial charge in [0.25, 0.3) is 0 Å². The molecule has 2 atom stereocenters. The summed E-state index contributed by atoms with van der Waals surface area (Å²) in [5, 5.41) is 7.22. The molecule has 2 unspecified atom stereocenters.